The molecule has 31 heavy (non-hydrogen) atoms. The Morgan fingerprint density at radius 2 is 1.87 bits per heavy atom. The minimum Gasteiger partial charge on any atom is -0.351 e. The molecule has 0 radical (unpaired) electrons. The summed E-state index contributed by atoms with van der Waals surface area (Å²) in [7, 11) is 0. The van der Waals surface area contributed by atoms with Crippen molar-refractivity contribution in [2.75, 3.05) is 26.2 Å². The number of imide groups is 1. The summed E-state index contributed by atoms with van der Waals surface area (Å²) in [4.78, 5) is 41.0. The summed E-state index contributed by atoms with van der Waals surface area (Å²) in [5, 5.41) is 7.87. The Morgan fingerprint density at radius 3 is 2.58 bits per heavy atom. The molecule has 2 aliphatic heterocycles. The Labute approximate surface area is 182 Å². The van der Waals surface area contributed by atoms with Gasteiger partial charge >= 0.3 is 6.03 Å². The number of piperidine rings is 1. The van der Waals surface area contributed by atoms with Gasteiger partial charge in [-0.15, -0.1) is 0 Å². The molecule has 164 valence electrons. The zero-order valence-corrected chi connectivity index (χ0v) is 18.2. The fourth-order valence-corrected chi connectivity index (χ4v) is 4.73. The van der Waals surface area contributed by atoms with Gasteiger partial charge in [-0.2, -0.15) is 0 Å². The SMILES string of the molecule is CCC[NH+]1CCC(NC(=O)CN2C(=O)N[C@@](C)(c3ccc4ccccc4c3)C2=O)CC1. The molecule has 2 aromatic rings. The number of amides is 4. The molecule has 4 amide bonds. The first-order chi connectivity index (χ1) is 14.9. The van der Waals surface area contributed by atoms with E-state index in [1.54, 1.807) is 11.8 Å². The van der Waals surface area contributed by atoms with Crippen molar-refractivity contribution in [3.05, 3.63) is 48.0 Å². The number of urea groups is 1. The highest BCUT2D eigenvalue weighted by atomic mass is 16.2. The van der Waals surface area contributed by atoms with E-state index in [-0.39, 0.29) is 18.5 Å². The monoisotopic (exact) mass is 423 g/mol. The van der Waals surface area contributed by atoms with Crippen LogP contribution >= 0.6 is 0 Å². The van der Waals surface area contributed by atoms with Crippen molar-refractivity contribution in [3.63, 3.8) is 0 Å². The van der Waals surface area contributed by atoms with Crippen LogP contribution in [0.15, 0.2) is 42.5 Å². The van der Waals surface area contributed by atoms with Gasteiger partial charge in [-0.25, -0.2) is 4.79 Å². The van der Waals surface area contributed by atoms with E-state index >= 15 is 0 Å². The number of fused-ring (bicyclic) bond motifs is 1. The molecular weight excluding hydrogens is 392 g/mol. The number of nitrogens with zero attached hydrogens (tertiary/aromatic N) is 1. The molecule has 7 heteroatoms. The maximum absolute atomic E-state index is 13.2. The van der Waals surface area contributed by atoms with Crippen LogP contribution in [0.25, 0.3) is 10.8 Å². The maximum Gasteiger partial charge on any atom is 0.325 e. The van der Waals surface area contributed by atoms with Gasteiger partial charge in [0, 0.05) is 18.9 Å². The van der Waals surface area contributed by atoms with Crippen molar-refractivity contribution in [1.29, 1.82) is 0 Å². The largest absolute Gasteiger partial charge is 0.351 e. The molecule has 0 aliphatic carbocycles. The van der Waals surface area contributed by atoms with Crippen LogP contribution in [0, 0.1) is 0 Å². The summed E-state index contributed by atoms with van der Waals surface area (Å²) in [6.45, 7) is 6.88. The third-order valence-electron chi connectivity index (χ3n) is 6.56. The summed E-state index contributed by atoms with van der Waals surface area (Å²) >= 11 is 0. The third-order valence-corrected chi connectivity index (χ3v) is 6.56. The summed E-state index contributed by atoms with van der Waals surface area (Å²) in [6, 6.07) is 13.2. The number of likely N-dealkylation sites (tertiary alicyclic amines) is 1. The lowest BCUT2D eigenvalue weighted by Crippen LogP contribution is -3.13. The fraction of sp³-hybridized carbons (Fsp3) is 0.458. The molecule has 2 fully saturated rings. The van der Waals surface area contributed by atoms with Gasteiger partial charge in [-0.3, -0.25) is 14.5 Å². The molecule has 4 rings (SSSR count). The van der Waals surface area contributed by atoms with E-state index in [0.717, 1.165) is 54.6 Å². The van der Waals surface area contributed by atoms with Crippen LogP contribution in [-0.2, 0) is 15.1 Å². The Kier molecular flexibility index (Phi) is 5.96. The number of quaternary nitrogens is 1. The van der Waals surface area contributed by atoms with Crippen LogP contribution in [0.4, 0.5) is 4.79 Å². The van der Waals surface area contributed by atoms with Crippen molar-refractivity contribution in [3.8, 4) is 0 Å². The lowest BCUT2D eigenvalue weighted by molar-refractivity contribution is -0.905. The molecule has 0 aromatic heterocycles. The average Bonchev–Trinajstić information content (AvgIpc) is 2.99. The Balaban J connectivity index is 1.41. The highest BCUT2D eigenvalue weighted by Crippen LogP contribution is 2.30. The lowest BCUT2D eigenvalue weighted by Gasteiger charge is -2.29. The molecule has 0 saturated carbocycles. The van der Waals surface area contributed by atoms with Crippen LogP contribution < -0.4 is 15.5 Å². The van der Waals surface area contributed by atoms with Gasteiger partial charge in [-0.1, -0.05) is 43.3 Å². The second-order valence-electron chi connectivity index (χ2n) is 8.85. The number of hydrogen-bond donors (Lipinski definition) is 3. The lowest BCUT2D eigenvalue weighted by atomic mass is 9.90. The summed E-state index contributed by atoms with van der Waals surface area (Å²) < 4.78 is 0. The molecule has 2 aromatic carbocycles. The van der Waals surface area contributed by atoms with Gasteiger partial charge in [0.05, 0.1) is 19.6 Å². The topological polar surface area (TPSA) is 82.9 Å². The number of rotatable bonds is 6. The normalized spacial score (nSPS) is 26.2. The van der Waals surface area contributed by atoms with E-state index in [0.29, 0.717) is 5.56 Å². The third kappa shape index (κ3) is 4.28. The van der Waals surface area contributed by atoms with Gasteiger partial charge in [0.25, 0.3) is 5.91 Å². The first-order valence-corrected chi connectivity index (χ1v) is 11.2. The van der Waals surface area contributed by atoms with Gasteiger partial charge < -0.3 is 15.5 Å². The van der Waals surface area contributed by atoms with Crippen LogP contribution in [0.5, 0.6) is 0 Å². The number of nitrogens with one attached hydrogen (secondary N) is 3. The van der Waals surface area contributed by atoms with Crippen LogP contribution in [-0.4, -0.2) is 55.0 Å². The molecule has 3 N–H and O–H groups in total. The number of carbonyl (C=O) groups excluding carboxylic acids is 3. The fourth-order valence-electron chi connectivity index (χ4n) is 4.73. The highest BCUT2D eigenvalue weighted by molar-refractivity contribution is 6.09. The average molecular weight is 424 g/mol. The quantitative estimate of drug-likeness (QED) is 0.610. The van der Waals surface area contributed by atoms with E-state index < -0.39 is 17.5 Å². The summed E-state index contributed by atoms with van der Waals surface area (Å²) in [5.41, 5.74) is -0.477. The summed E-state index contributed by atoms with van der Waals surface area (Å²) in [6.07, 6.45) is 3.01. The smallest absolute Gasteiger partial charge is 0.325 e. The number of hydrogen-bond acceptors (Lipinski definition) is 3. The minimum absolute atomic E-state index is 0.112. The number of benzene rings is 2. The summed E-state index contributed by atoms with van der Waals surface area (Å²) in [5.74, 6) is -0.680. The maximum atomic E-state index is 13.2. The molecule has 2 heterocycles. The van der Waals surface area contributed by atoms with Gasteiger partial charge in [0.2, 0.25) is 5.91 Å². The zero-order chi connectivity index (χ0) is 22.0. The van der Waals surface area contributed by atoms with Crippen molar-refractivity contribution in [1.82, 2.24) is 15.5 Å². The van der Waals surface area contributed by atoms with E-state index in [9.17, 15) is 14.4 Å². The van der Waals surface area contributed by atoms with Gasteiger partial charge in [0.15, 0.2) is 0 Å². The minimum atomic E-state index is -1.18. The van der Waals surface area contributed by atoms with Gasteiger partial charge in [-0.05, 0) is 35.7 Å². The molecule has 0 bridgehead atoms. The predicted molar refractivity (Wildman–Crippen MR) is 119 cm³/mol. The second kappa shape index (κ2) is 8.67. The molecule has 0 unspecified atom stereocenters. The van der Waals surface area contributed by atoms with E-state index in [4.69, 9.17) is 0 Å². The van der Waals surface area contributed by atoms with Crippen molar-refractivity contribution >= 4 is 28.6 Å². The van der Waals surface area contributed by atoms with Crippen LogP contribution in [0.3, 0.4) is 0 Å². The van der Waals surface area contributed by atoms with E-state index in [2.05, 4.69) is 17.6 Å². The molecular formula is C24H31N4O3+. The predicted octanol–water partition coefficient (Wildman–Crippen LogP) is 1.18. The van der Waals surface area contributed by atoms with E-state index in [1.165, 1.54) is 0 Å². The molecule has 0 spiro atoms. The molecule has 2 saturated heterocycles. The highest BCUT2D eigenvalue weighted by Gasteiger charge is 2.49. The molecule has 2 aliphatic rings. The van der Waals surface area contributed by atoms with Crippen LogP contribution in [0.1, 0.15) is 38.7 Å². The van der Waals surface area contributed by atoms with Crippen molar-refractivity contribution < 1.29 is 19.3 Å². The second-order valence-corrected chi connectivity index (χ2v) is 8.85. The Morgan fingerprint density at radius 1 is 1.16 bits per heavy atom. The first-order valence-electron chi connectivity index (χ1n) is 11.2. The zero-order valence-electron chi connectivity index (χ0n) is 18.2. The van der Waals surface area contributed by atoms with Gasteiger partial charge in [0.1, 0.15) is 12.1 Å². The molecule has 7 nitrogen and oxygen atoms in total. The van der Waals surface area contributed by atoms with Crippen molar-refractivity contribution in [2.45, 2.75) is 44.7 Å². The first kappa shape index (κ1) is 21.3. The Bertz CT molecular complexity index is 999. The van der Waals surface area contributed by atoms with E-state index in [1.807, 2.05) is 42.5 Å². The number of carbonyl (C=O) groups is 3. The van der Waals surface area contributed by atoms with Crippen molar-refractivity contribution in [2.24, 2.45) is 0 Å². The Hall–Kier alpha value is -2.93. The standard InChI is InChI=1S/C24H30N4O3/c1-3-12-27-13-10-20(11-14-27)25-21(29)16-28-22(30)24(2,26-23(28)31)19-9-8-17-6-4-5-7-18(17)15-19/h4-9,15,20H,3,10-14,16H2,1-2H3,(H,25,29)(H,26,31)/p+1/t24-/m0/s1. The van der Waals surface area contributed by atoms with Crippen LogP contribution in [0.2, 0.25) is 0 Å². The molecule has 1 atom stereocenters.